The Morgan fingerprint density at radius 2 is 2.00 bits per heavy atom. The smallest absolute Gasteiger partial charge is 0.245 e. The Balaban J connectivity index is 2.24. The van der Waals surface area contributed by atoms with Gasteiger partial charge < -0.3 is 15.3 Å². The lowest BCUT2D eigenvalue weighted by Crippen LogP contribution is -2.62. The van der Waals surface area contributed by atoms with Crippen LogP contribution in [0.3, 0.4) is 0 Å². The monoisotopic (exact) mass is 262 g/mol. The van der Waals surface area contributed by atoms with E-state index in [0.717, 1.165) is 17.8 Å². The Labute approximate surface area is 114 Å². The van der Waals surface area contributed by atoms with Gasteiger partial charge in [0.2, 0.25) is 5.91 Å². The van der Waals surface area contributed by atoms with Gasteiger partial charge in [0.1, 0.15) is 5.54 Å². The normalized spacial score (nSPS) is 20.0. The zero-order valence-electron chi connectivity index (χ0n) is 11.8. The van der Waals surface area contributed by atoms with Crippen LogP contribution in [0.5, 0.6) is 0 Å². The lowest BCUT2D eigenvalue weighted by molar-refractivity contribution is -0.126. The van der Waals surface area contributed by atoms with Gasteiger partial charge >= 0.3 is 0 Å². The summed E-state index contributed by atoms with van der Waals surface area (Å²) in [6.07, 6.45) is 0.295. The minimum Gasteiger partial charge on any atom is -0.388 e. The topological polar surface area (TPSA) is 52.6 Å². The van der Waals surface area contributed by atoms with Crippen LogP contribution in [0.1, 0.15) is 38.9 Å². The molecule has 0 saturated carbocycles. The van der Waals surface area contributed by atoms with E-state index in [1.807, 2.05) is 45.0 Å². The van der Waals surface area contributed by atoms with Crippen LogP contribution < -0.4 is 10.2 Å². The van der Waals surface area contributed by atoms with Crippen molar-refractivity contribution in [2.24, 2.45) is 0 Å². The van der Waals surface area contributed by atoms with Crippen LogP contribution in [0.2, 0.25) is 0 Å². The zero-order chi connectivity index (χ0) is 14.0. The SMILES string of the molecule is CC[C@@H](O)c1ccc(N2CCNC(=O)C2(C)C)cc1. The number of amides is 1. The largest absolute Gasteiger partial charge is 0.388 e. The van der Waals surface area contributed by atoms with Gasteiger partial charge in [-0.2, -0.15) is 0 Å². The second-order valence-electron chi connectivity index (χ2n) is 5.48. The summed E-state index contributed by atoms with van der Waals surface area (Å²) in [6, 6.07) is 7.83. The molecule has 0 unspecified atom stereocenters. The molecule has 1 aromatic carbocycles. The summed E-state index contributed by atoms with van der Waals surface area (Å²) in [4.78, 5) is 14.0. The molecule has 1 fully saturated rings. The van der Waals surface area contributed by atoms with Crippen molar-refractivity contribution in [1.82, 2.24) is 5.32 Å². The molecule has 1 atom stereocenters. The lowest BCUT2D eigenvalue weighted by atomic mass is 9.97. The molecular weight excluding hydrogens is 240 g/mol. The predicted octanol–water partition coefficient (Wildman–Crippen LogP) is 1.84. The first-order valence-corrected chi connectivity index (χ1v) is 6.80. The van der Waals surface area contributed by atoms with Gasteiger partial charge in [0.15, 0.2) is 0 Å². The van der Waals surface area contributed by atoms with Gasteiger partial charge in [-0.3, -0.25) is 4.79 Å². The van der Waals surface area contributed by atoms with E-state index >= 15 is 0 Å². The molecule has 4 nitrogen and oxygen atoms in total. The van der Waals surface area contributed by atoms with E-state index in [1.165, 1.54) is 0 Å². The molecule has 1 aromatic rings. The maximum absolute atomic E-state index is 11.9. The standard InChI is InChI=1S/C15H22N2O2/c1-4-13(18)11-5-7-12(8-6-11)17-10-9-16-14(19)15(17,2)3/h5-8,13,18H,4,9-10H2,1-3H3,(H,16,19)/t13-/m1/s1. The van der Waals surface area contributed by atoms with Crippen molar-refractivity contribution in [2.45, 2.75) is 38.8 Å². The molecule has 1 aliphatic heterocycles. The summed E-state index contributed by atoms with van der Waals surface area (Å²) in [5.41, 5.74) is 1.40. The first kappa shape index (κ1) is 13.9. The Bertz CT molecular complexity index is 454. The summed E-state index contributed by atoms with van der Waals surface area (Å²) in [6.45, 7) is 7.28. The van der Waals surface area contributed by atoms with Crippen LogP contribution in [-0.4, -0.2) is 29.6 Å². The van der Waals surface area contributed by atoms with Crippen LogP contribution >= 0.6 is 0 Å². The van der Waals surface area contributed by atoms with Crippen molar-refractivity contribution >= 4 is 11.6 Å². The molecule has 2 rings (SSSR count). The molecular formula is C15H22N2O2. The number of carbonyl (C=O) groups is 1. The van der Waals surface area contributed by atoms with Gasteiger partial charge in [0, 0.05) is 18.8 Å². The number of aliphatic hydroxyl groups is 1. The highest BCUT2D eigenvalue weighted by atomic mass is 16.3. The minimum absolute atomic E-state index is 0.0522. The molecule has 0 aromatic heterocycles. The zero-order valence-corrected chi connectivity index (χ0v) is 11.8. The van der Waals surface area contributed by atoms with Gasteiger partial charge in [-0.25, -0.2) is 0 Å². The Morgan fingerprint density at radius 3 is 2.58 bits per heavy atom. The first-order chi connectivity index (χ1) is 8.96. The summed E-state index contributed by atoms with van der Waals surface area (Å²) >= 11 is 0. The Morgan fingerprint density at radius 1 is 1.37 bits per heavy atom. The molecule has 4 heteroatoms. The molecule has 1 heterocycles. The average molecular weight is 262 g/mol. The Kier molecular flexibility index (Phi) is 3.80. The third kappa shape index (κ3) is 2.59. The van der Waals surface area contributed by atoms with Crippen LogP contribution in [0.25, 0.3) is 0 Å². The second kappa shape index (κ2) is 5.21. The number of piperazine rings is 1. The molecule has 1 amide bonds. The summed E-state index contributed by atoms with van der Waals surface area (Å²) < 4.78 is 0. The van der Waals surface area contributed by atoms with Crippen molar-refractivity contribution in [2.75, 3.05) is 18.0 Å². The fourth-order valence-corrected chi connectivity index (χ4v) is 2.46. The van der Waals surface area contributed by atoms with Crippen LogP contribution in [0.4, 0.5) is 5.69 Å². The van der Waals surface area contributed by atoms with Gasteiger partial charge in [0.25, 0.3) is 0 Å². The molecule has 0 bridgehead atoms. The molecule has 19 heavy (non-hydrogen) atoms. The summed E-state index contributed by atoms with van der Waals surface area (Å²) in [5, 5.41) is 12.7. The van der Waals surface area contributed by atoms with E-state index in [-0.39, 0.29) is 5.91 Å². The van der Waals surface area contributed by atoms with Gasteiger partial charge in [-0.15, -0.1) is 0 Å². The number of rotatable bonds is 3. The van der Waals surface area contributed by atoms with Crippen molar-refractivity contribution < 1.29 is 9.90 Å². The molecule has 0 spiro atoms. The fraction of sp³-hybridized carbons (Fsp3) is 0.533. The van der Waals surface area contributed by atoms with Crippen molar-refractivity contribution in [1.29, 1.82) is 0 Å². The van der Waals surface area contributed by atoms with Gasteiger partial charge in [-0.1, -0.05) is 19.1 Å². The maximum atomic E-state index is 11.9. The quantitative estimate of drug-likeness (QED) is 0.874. The van der Waals surface area contributed by atoms with Crippen LogP contribution in [0.15, 0.2) is 24.3 Å². The third-order valence-electron chi connectivity index (χ3n) is 3.83. The van der Waals surface area contributed by atoms with E-state index < -0.39 is 11.6 Å². The number of carbonyl (C=O) groups excluding carboxylic acids is 1. The van der Waals surface area contributed by atoms with E-state index in [9.17, 15) is 9.90 Å². The first-order valence-electron chi connectivity index (χ1n) is 6.80. The van der Waals surface area contributed by atoms with Gasteiger partial charge in [0.05, 0.1) is 6.10 Å². The number of nitrogens with one attached hydrogen (secondary N) is 1. The molecule has 1 saturated heterocycles. The molecule has 2 N–H and O–H groups in total. The third-order valence-corrected chi connectivity index (χ3v) is 3.83. The number of hydrogen-bond donors (Lipinski definition) is 2. The minimum atomic E-state index is -0.539. The number of benzene rings is 1. The fourth-order valence-electron chi connectivity index (χ4n) is 2.46. The van der Waals surface area contributed by atoms with Crippen LogP contribution in [0, 0.1) is 0 Å². The lowest BCUT2D eigenvalue weighted by Gasteiger charge is -2.42. The summed E-state index contributed by atoms with van der Waals surface area (Å²) in [7, 11) is 0. The van der Waals surface area contributed by atoms with Crippen molar-refractivity contribution in [3.63, 3.8) is 0 Å². The number of aliphatic hydroxyl groups excluding tert-OH is 1. The highest BCUT2D eigenvalue weighted by molar-refractivity contribution is 5.90. The highest BCUT2D eigenvalue weighted by Gasteiger charge is 2.37. The molecule has 104 valence electrons. The van der Waals surface area contributed by atoms with E-state index in [2.05, 4.69) is 10.2 Å². The second-order valence-corrected chi connectivity index (χ2v) is 5.48. The van der Waals surface area contributed by atoms with E-state index in [4.69, 9.17) is 0 Å². The highest BCUT2D eigenvalue weighted by Crippen LogP contribution is 2.27. The van der Waals surface area contributed by atoms with Gasteiger partial charge in [-0.05, 0) is 38.0 Å². The van der Waals surface area contributed by atoms with Crippen molar-refractivity contribution in [3.05, 3.63) is 29.8 Å². The average Bonchev–Trinajstić information content (AvgIpc) is 2.41. The molecule has 0 radical (unpaired) electrons. The Hall–Kier alpha value is -1.55. The van der Waals surface area contributed by atoms with Crippen LogP contribution in [-0.2, 0) is 4.79 Å². The van der Waals surface area contributed by atoms with E-state index in [1.54, 1.807) is 0 Å². The predicted molar refractivity (Wildman–Crippen MR) is 76.1 cm³/mol. The molecule has 1 aliphatic rings. The molecule has 0 aliphatic carbocycles. The van der Waals surface area contributed by atoms with Crippen molar-refractivity contribution in [3.8, 4) is 0 Å². The van der Waals surface area contributed by atoms with E-state index in [0.29, 0.717) is 13.0 Å². The maximum Gasteiger partial charge on any atom is 0.245 e. The summed E-state index contributed by atoms with van der Waals surface area (Å²) in [5.74, 6) is 0.0522. The number of anilines is 1. The number of hydrogen-bond acceptors (Lipinski definition) is 3. The number of nitrogens with zero attached hydrogens (tertiary/aromatic N) is 1.